The number of carbonyl (C=O) groups excluding carboxylic acids is 2. The van der Waals surface area contributed by atoms with Crippen LogP contribution in [0.25, 0.3) is 67.5 Å². The molecule has 2 aliphatic carbocycles. The maximum Gasteiger partial charge on any atom is 0.347 e. The lowest BCUT2D eigenvalue weighted by molar-refractivity contribution is -0.113. The molecule has 0 spiro atoms. The van der Waals surface area contributed by atoms with Gasteiger partial charge in [-0.25, -0.2) is 9.59 Å². The van der Waals surface area contributed by atoms with E-state index in [0.29, 0.717) is 11.1 Å². The molecule has 12 nitrogen and oxygen atoms in total. The molecule has 0 aliphatic heterocycles. The van der Waals surface area contributed by atoms with Crippen molar-refractivity contribution in [2.75, 3.05) is 0 Å². The molecule has 6 N–H and O–H groups in total. The molecule has 0 saturated carbocycles. The first-order valence-electron chi connectivity index (χ1n) is 19.3. The first kappa shape index (κ1) is 41.7. The summed E-state index contributed by atoms with van der Waals surface area (Å²) in [6.45, 7) is 10.2. The number of aliphatic hydroxyl groups excluding tert-OH is 2. The number of allylic oxidation sites excluding steroid dienone is 4. The minimum absolute atomic E-state index is 0.00941. The number of aliphatic hydroxyl groups is 2. The molecule has 314 valence electrons. The minimum Gasteiger partial charge on any atom is -0.507 e. The molecule has 0 radical (unpaired) electrons. The fourth-order valence-corrected chi connectivity index (χ4v) is 8.86. The SMILES string of the molecule is Cc1cc2c(c(O)c1-c1c(C)cc3c(c1O)/C(=C/c1c(O)c4cc(Cl)ccc4oc1=O)C(=O)C(O)=C3C(C)C)/C(=C/c1c(O)c3cc(Cl)ccc3oc1=O)C(=O)C(O)=C2C(C)C. The summed E-state index contributed by atoms with van der Waals surface area (Å²) in [6, 6.07) is 11.6. The summed E-state index contributed by atoms with van der Waals surface area (Å²) in [5, 5.41) is 71.1. The molecule has 0 saturated heterocycles. The van der Waals surface area contributed by atoms with E-state index in [1.165, 1.54) is 36.4 Å². The van der Waals surface area contributed by atoms with Gasteiger partial charge in [0.1, 0.15) is 45.3 Å². The Bertz CT molecular complexity index is 3100. The summed E-state index contributed by atoms with van der Waals surface area (Å²) < 4.78 is 10.9. The number of hydrogen-bond donors (Lipinski definition) is 6. The van der Waals surface area contributed by atoms with Crippen molar-refractivity contribution in [2.24, 2.45) is 11.8 Å². The fraction of sp³-hybridized carbons (Fsp3) is 0.167. The van der Waals surface area contributed by atoms with Crippen LogP contribution < -0.4 is 11.3 Å². The van der Waals surface area contributed by atoms with Crippen LogP contribution in [0.5, 0.6) is 23.0 Å². The highest BCUT2D eigenvalue weighted by Crippen LogP contribution is 2.54. The fourth-order valence-electron chi connectivity index (χ4n) is 8.52. The van der Waals surface area contributed by atoms with Gasteiger partial charge in [-0.1, -0.05) is 63.0 Å². The number of aromatic hydroxyl groups is 4. The molecular formula is C48H36Cl2O12. The normalized spacial score (nSPS) is 15.6. The Hall–Kier alpha value is -7.02. The molecule has 62 heavy (non-hydrogen) atoms. The van der Waals surface area contributed by atoms with Crippen LogP contribution in [-0.2, 0) is 9.59 Å². The predicted octanol–water partition coefficient (Wildman–Crippen LogP) is 10.4. The average molecular weight is 876 g/mol. The Morgan fingerprint density at radius 2 is 0.871 bits per heavy atom. The van der Waals surface area contributed by atoms with E-state index in [2.05, 4.69) is 0 Å². The van der Waals surface area contributed by atoms with Crippen LogP contribution in [0.3, 0.4) is 0 Å². The summed E-state index contributed by atoms with van der Waals surface area (Å²) in [5.41, 5.74) is -2.70. The number of phenols is 2. The van der Waals surface area contributed by atoms with Crippen molar-refractivity contribution in [1.29, 1.82) is 0 Å². The van der Waals surface area contributed by atoms with Gasteiger partial charge in [0.2, 0.25) is 11.6 Å². The number of rotatable bonds is 5. The van der Waals surface area contributed by atoms with Crippen molar-refractivity contribution in [1.82, 2.24) is 0 Å². The molecule has 14 heteroatoms. The highest BCUT2D eigenvalue weighted by atomic mass is 35.5. The summed E-state index contributed by atoms with van der Waals surface area (Å²) in [5.74, 6) is -6.55. The van der Waals surface area contributed by atoms with Gasteiger partial charge in [0.25, 0.3) is 0 Å². The maximum absolute atomic E-state index is 14.2. The molecule has 6 aromatic rings. The van der Waals surface area contributed by atoms with Gasteiger partial charge in [-0.15, -0.1) is 0 Å². The molecule has 0 bridgehead atoms. The van der Waals surface area contributed by atoms with Crippen molar-refractivity contribution in [3.8, 4) is 34.1 Å². The number of benzene rings is 4. The minimum atomic E-state index is -1.04. The molecule has 2 heterocycles. The Morgan fingerprint density at radius 3 is 1.21 bits per heavy atom. The van der Waals surface area contributed by atoms with Gasteiger partial charge in [0, 0.05) is 54.6 Å². The monoisotopic (exact) mass is 874 g/mol. The molecule has 4 aromatic carbocycles. The third-order valence-electron chi connectivity index (χ3n) is 11.3. The summed E-state index contributed by atoms with van der Waals surface area (Å²) in [6.07, 6.45) is 2.01. The zero-order valence-electron chi connectivity index (χ0n) is 33.8. The van der Waals surface area contributed by atoms with Crippen LogP contribution in [0.2, 0.25) is 10.0 Å². The molecule has 0 amide bonds. The summed E-state index contributed by atoms with van der Waals surface area (Å²) >= 11 is 12.3. The zero-order chi connectivity index (χ0) is 45.0. The van der Waals surface area contributed by atoms with Crippen LogP contribution in [0.15, 0.2) is 78.5 Å². The Labute approximate surface area is 361 Å². The quantitative estimate of drug-likeness (QED) is 0.0705. The van der Waals surface area contributed by atoms with E-state index < -0.39 is 91.4 Å². The van der Waals surface area contributed by atoms with Crippen LogP contribution in [0, 0.1) is 25.7 Å². The number of hydrogen-bond acceptors (Lipinski definition) is 12. The molecule has 0 atom stereocenters. The van der Waals surface area contributed by atoms with Gasteiger partial charge in [0.05, 0.1) is 10.8 Å². The summed E-state index contributed by atoms with van der Waals surface area (Å²) in [7, 11) is 0. The lowest BCUT2D eigenvalue weighted by Gasteiger charge is -2.29. The van der Waals surface area contributed by atoms with Crippen molar-refractivity contribution >= 4 is 91.2 Å². The number of halogens is 2. The predicted molar refractivity (Wildman–Crippen MR) is 238 cm³/mol. The second-order valence-corrected chi connectivity index (χ2v) is 16.7. The molecule has 2 aromatic heterocycles. The number of fused-ring (bicyclic) bond motifs is 4. The standard InChI is InChI=1S/C48H36Cl2O12/c1-17(2)33-25-11-19(5)35(43(55)37(25)27(41(53)45(33)57)15-29-39(51)23-13-21(49)7-9-31(23)61-47(29)59)36-20(6)12-26-34(18(3)4)46(58)42(54)28(38(26)44(36)56)16-30-40(52)24-14-22(50)8-10-32(24)62-48(30)60/h7-18,51-52,55-58H,1-6H3/b27-15-,28-16-. The van der Waals surface area contributed by atoms with Crippen LogP contribution in [0.1, 0.15) is 72.2 Å². The maximum atomic E-state index is 14.2. The zero-order valence-corrected chi connectivity index (χ0v) is 35.3. The van der Waals surface area contributed by atoms with E-state index in [9.17, 15) is 49.8 Å². The van der Waals surface area contributed by atoms with Crippen LogP contribution in [-0.4, -0.2) is 42.2 Å². The largest absolute Gasteiger partial charge is 0.507 e. The van der Waals surface area contributed by atoms with E-state index in [-0.39, 0.29) is 76.5 Å². The highest BCUT2D eigenvalue weighted by Gasteiger charge is 2.39. The molecule has 0 fully saturated rings. The third-order valence-corrected chi connectivity index (χ3v) is 11.7. The third kappa shape index (κ3) is 6.28. The first-order chi connectivity index (χ1) is 29.2. The summed E-state index contributed by atoms with van der Waals surface area (Å²) in [4.78, 5) is 55.1. The van der Waals surface area contributed by atoms with Gasteiger partial charge in [-0.2, -0.15) is 0 Å². The van der Waals surface area contributed by atoms with E-state index in [1.807, 2.05) is 0 Å². The van der Waals surface area contributed by atoms with Crippen LogP contribution >= 0.6 is 23.2 Å². The molecule has 0 unspecified atom stereocenters. The first-order valence-corrected chi connectivity index (χ1v) is 20.0. The van der Waals surface area contributed by atoms with E-state index in [0.717, 1.165) is 12.2 Å². The topological polar surface area (TPSA) is 216 Å². The Kier molecular flexibility index (Phi) is 9.99. The Morgan fingerprint density at radius 1 is 0.516 bits per heavy atom. The van der Waals surface area contributed by atoms with Gasteiger partial charge in [0.15, 0.2) is 11.5 Å². The van der Waals surface area contributed by atoms with E-state index in [4.69, 9.17) is 32.0 Å². The van der Waals surface area contributed by atoms with Crippen molar-refractivity contribution in [3.63, 3.8) is 0 Å². The number of carbonyl (C=O) groups is 2. The van der Waals surface area contributed by atoms with Gasteiger partial charge < -0.3 is 39.5 Å². The van der Waals surface area contributed by atoms with Crippen molar-refractivity contribution in [2.45, 2.75) is 41.5 Å². The number of aryl methyl sites for hydroxylation is 2. The number of phenolic OH excluding ortho intramolecular Hbond substituents is 2. The van der Waals surface area contributed by atoms with E-state index >= 15 is 0 Å². The lowest BCUT2D eigenvalue weighted by Crippen LogP contribution is -2.20. The van der Waals surface area contributed by atoms with Gasteiger partial charge >= 0.3 is 11.3 Å². The smallest absolute Gasteiger partial charge is 0.347 e. The highest BCUT2D eigenvalue weighted by molar-refractivity contribution is 6.38. The second-order valence-electron chi connectivity index (χ2n) is 15.9. The molecular weight excluding hydrogens is 839 g/mol. The van der Waals surface area contributed by atoms with Crippen molar-refractivity contribution in [3.05, 3.63) is 135 Å². The van der Waals surface area contributed by atoms with Gasteiger partial charge in [-0.3, -0.25) is 9.59 Å². The second kappa shape index (κ2) is 14.9. The number of Topliss-reactive ketones (excluding diaryl/α,β-unsaturated/α-hetero) is 2. The molecule has 2 aliphatic rings. The lowest BCUT2D eigenvalue weighted by atomic mass is 9.75. The molecule has 8 rings (SSSR count). The van der Waals surface area contributed by atoms with Crippen molar-refractivity contribution < 1.29 is 49.1 Å². The average Bonchev–Trinajstić information content (AvgIpc) is 3.19. The number of ketones is 2. The van der Waals surface area contributed by atoms with Crippen LogP contribution in [0.4, 0.5) is 0 Å². The van der Waals surface area contributed by atoms with E-state index in [1.54, 1.807) is 53.7 Å². The Balaban J connectivity index is 1.45. The van der Waals surface area contributed by atoms with Gasteiger partial charge in [-0.05, 0) is 96.5 Å².